The Bertz CT molecular complexity index is 935. The number of carbonyl (C=O) groups is 2. The van der Waals surface area contributed by atoms with E-state index in [4.69, 9.17) is 16.3 Å². The van der Waals surface area contributed by atoms with E-state index in [1.165, 1.54) is 6.08 Å². The van der Waals surface area contributed by atoms with Crippen LogP contribution in [0.4, 0.5) is 0 Å². The van der Waals surface area contributed by atoms with Crippen LogP contribution in [0.2, 0.25) is 5.02 Å². The lowest BCUT2D eigenvalue weighted by molar-refractivity contribution is -0.126. The van der Waals surface area contributed by atoms with E-state index >= 15 is 0 Å². The third-order valence-corrected chi connectivity index (χ3v) is 5.60. The molecule has 0 atom stereocenters. The summed E-state index contributed by atoms with van der Waals surface area (Å²) < 4.78 is 5.69. The fourth-order valence-electron chi connectivity index (χ4n) is 3.06. The molecule has 0 aromatic heterocycles. The normalized spacial score (nSPS) is 16.6. The van der Waals surface area contributed by atoms with Crippen LogP contribution in [0.5, 0.6) is 11.5 Å². The van der Waals surface area contributed by atoms with Gasteiger partial charge in [-0.1, -0.05) is 29.3 Å². The maximum Gasteiger partial charge on any atom is 0.202 e. The van der Waals surface area contributed by atoms with E-state index in [1.54, 1.807) is 20.8 Å². The first kappa shape index (κ1) is 22.8. The molecule has 0 unspecified atom stereocenters. The molecule has 29 heavy (non-hydrogen) atoms. The van der Waals surface area contributed by atoms with Crippen LogP contribution >= 0.6 is 11.6 Å². The van der Waals surface area contributed by atoms with E-state index in [-0.39, 0.29) is 39.9 Å². The molecule has 156 valence electrons. The van der Waals surface area contributed by atoms with Crippen molar-refractivity contribution in [2.45, 2.75) is 59.5 Å². The molecule has 0 amide bonds. The quantitative estimate of drug-likeness (QED) is 0.460. The smallest absolute Gasteiger partial charge is 0.202 e. The van der Waals surface area contributed by atoms with Gasteiger partial charge >= 0.3 is 0 Å². The van der Waals surface area contributed by atoms with Crippen molar-refractivity contribution >= 4 is 23.7 Å². The minimum Gasteiger partial charge on any atom is -0.507 e. The summed E-state index contributed by atoms with van der Waals surface area (Å²) >= 11 is 6.08. The van der Waals surface area contributed by atoms with E-state index < -0.39 is 5.60 Å². The third kappa shape index (κ3) is 4.91. The molecule has 1 aromatic carbocycles. The van der Waals surface area contributed by atoms with E-state index in [0.29, 0.717) is 17.6 Å². The molecule has 0 bridgehead atoms. The van der Waals surface area contributed by atoms with Gasteiger partial charge in [0.2, 0.25) is 5.78 Å². The van der Waals surface area contributed by atoms with Gasteiger partial charge in [-0.2, -0.15) is 0 Å². The second kappa shape index (κ2) is 8.87. The summed E-state index contributed by atoms with van der Waals surface area (Å²) in [4.78, 5) is 23.1. The van der Waals surface area contributed by atoms with Crippen LogP contribution in [0.15, 0.2) is 35.1 Å². The molecule has 0 aliphatic carbocycles. The van der Waals surface area contributed by atoms with Gasteiger partial charge in [0, 0.05) is 11.6 Å². The minimum atomic E-state index is -0.806. The number of benzene rings is 1. The van der Waals surface area contributed by atoms with Gasteiger partial charge in [0.05, 0.1) is 10.6 Å². The van der Waals surface area contributed by atoms with Crippen LogP contribution in [0.1, 0.15) is 62.0 Å². The largest absolute Gasteiger partial charge is 0.507 e. The molecule has 1 aliphatic heterocycles. The van der Waals surface area contributed by atoms with Crippen LogP contribution in [0, 0.1) is 6.92 Å². The van der Waals surface area contributed by atoms with Crippen LogP contribution < -0.4 is 0 Å². The minimum absolute atomic E-state index is 0.0395. The van der Waals surface area contributed by atoms with Gasteiger partial charge in [-0.25, -0.2) is 0 Å². The van der Waals surface area contributed by atoms with Crippen molar-refractivity contribution in [1.82, 2.24) is 0 Å². The highest BCUT2D eigenvalue weighted by atomic mass is 35.5. The predicted molar refractivity (Wildman–Crippen MR) is 114 cm³/mol. The number of hydrogen-bond donors (Lipinski definition) is 2. The number of ether oxygens (including phenoxy) is 1. The lowest BCUT2D eigenvalue weighted by Crippen LogP contribution is -2.27. The number of ketones is 1. The molecule has 5 nitrogen and oxygen atoms in total. The Morgan fingerprint density at radius 1 is 1.21 bits per heavy atom. The van der Waals surface area contributed by atoms with Crippen molar-refractivity contribution in [3.8, 4) is 11.5 Å². The molecule has 1 heterocycles. The first-order chi connectivity index (χ1) is 13.5. The lowest BCUT2D eigenvalue weighted by atomic mass is 9.99. The zero-order valence-corrected chi connectivity index (χ0v) is 18.2. The molecule has 0 radical (unpaired) electrons. The summed E-state index contributed by atoms with van der Waals surface area (Å²) in [5, 5.41) is 20.6. The molecule has 0 fully saturated rings. The lowest BCUT2D eigenvalue weighted by Gasteiger charge is -2.18. The van der Waals surface area contributed by atoms with Gasteiger partial charge in [0.25, 0.3) is 0 Å². The van der Waals surface area contributed by atoms with Crippen LogP contribution in [-0.2, 0) is 16.0 Å². The number of rotatable bonds is 7. The highest BCUT2D eigenvalue weighted by Crippen LogP contribution is 2.40. The Morgan fingerprint density at radius 2 is 1.86 bits per heavy atom. The van der Waals surface area contributed by atoms with Crippen molar-refractivity contribution in [2.75, 3.05) is 0 Å². The van der Waals surface area contributed by atoms with Crippen molar-refractivity contribution in [3.63, 3.8) is 0 Å². The molecular weight excluding hydrogens is 392 g/mol. The summed E-state index contributed by atoms with van der Waals surface area (Å²) in [5.74, 6) is 0.121. The van der Waals surface area contributed by atoms with E-state index in [2.05, 4.69) is 0 Å². The molecular formula is C23H27ClO5. The molecule has 0 spiro atoms. The second-order valence-electron chi connectivity index (χ2n) is 7.81. The summed E-state index contributed by atoms with van der Waals surface area (Å²) in [6.07, 6.45) is 7.72. The number of halogens is 1. The average Bonchev–Trinajstić information content (AvgIpc) is 2.93. The molecule has 2 N–H and O–H groups in total. The highest BCUT2D eigenvalue weighted by molar-refractivity contribution is 6.33. The number of aromatic hydroxyl groups is 2. The number of carbonyl (C=O) groups excluding carboxylic acids is 2. The molecule has 6 heteroatoms. The van der Waals surface area contributed by atoms with Crippen molar-refractivity contribution in [3.05, 3.63) is 56.8 Å². The van der Waals surface area contributed by atoms with Gasteiger partial charge < -0.3 is 14.9 Å². The maximum atomic E-state index is 11.8. The Labute approximate surface area is 176 Å². The number of allylic oxidation sites excluding steroid dienone is 4. The molecule has 1 aliphatic rings. The fourth-order valence-corrected chi connectivity index (χ4v) is 3.27. The van der Waals surface area contributed by atoms with Crippen LogP contribution in [0.25, 0.3) is 0 Å². The summed E-state index contributed by atoms with van der Waals surface area (Å²) in [6, 6.07) is 0. The first-order valence-corrected chi connectivity index (χ1v) is 9.83. The standard InChI is InChI=1S/C23H27ClO5/c1-13(7-6-8-14(2)18-11-19(26)23(4,5)29-18)9-10-16-21(27)17(12-25)15(3)20(24)22(16)28/h8-9,11-12,27-28H,6-7,10H2,1-5H3/b13-9+,14-8+. The molecule has 0 saturated carbocycles. The maximum absolute atomic E-state index is 11.8. The van der Waals surface area contributed by atoms with Gasteiger partial charge in [0.1, 0.15) is 17.3 Å². The Hall–Kier alpha value is -2.53. The third-order valence-electron chi connectivity index (χ3n) is 5.14. The monoisotopic (exact) mass is 418 g/mol. The highest BCUT2D eigenvalue weighted by Gasteiger charge is 2.35. The zero-order valence-electron chi connectivity index (χ0n) is 17.4. The Kier molecular flexibility index (Phi) is 6.96. The summed E-state index contributed by atoms with van der Waals surface area (Å²) in [7, 11) is 0. The number of phenols is 2. The molecule has 1 aromatic rings. The zero-order chi connectivity index (χ0) is 21.9. The fraction of sp³-hybridized carbons (Fsp3) is 0.391. The van der Waals surface area contributed by atoms with Crippen LogP contribution in [0.3, 0.4) is 0 Å². The van der Waals surface area contributed by atoms with Crippen molar-refractivity contribution < 1.29 is 24.5 Å². The van der Waals surface area contributed by atoms with E-state index in [0.717, 1.165) is 24.0 Å². The Balaban J connectivity index is 2.05. The predicted octanol–water partition coefficient (Wildman–Crippen LogP) is 5.35. The van der Waals surface area contributed by atoms with Gasteiger partial charge in [0.15, 0.2) is 11.9 Å². The van der Waals surface area contributed by atoms with Gasteiger partial charge in [-0.05, 0) is 65.0 Å². The number of aldehydes is 1. The molecule has 2 rings (SSSR count). The van der Waals surface area contributed by atoms with Gasteiger partial charge in [-0.3, -0.25) is 9.59 Å². The van der Waals surface area contributed by atoms with Gasteiger partial charge in [-0.15, -0.1) is 0 Å². The van der Waals surface area contributed by atoms with E-state index in [1.807, 2.05) is 26.0 Å². The molecule has 0 saturated heterocycles. The number of phenolic OH excluding ortho intramolecular Hbond substituents is 2. The second-order valence-corrected chi connectivity index (χ2v) is 8.19. The SMILES string of the molecule is C/C(=C\Cc1c(O)c(Cl)c(C)c(C=O)c1O)CC/C=C(\C)C1=CC(=O)C(C)(C)O1. The van der Waals surface area contributed by atoms with Crippen LogP contribution in [-0.4, -0.2) is 27.9 Å². The number of hydrogen-bond acceptors (Lipinski definition) is 5. The van der Waals surface area contributed by atoms with Crippen molar-refractivity contribution in [2.24, 2.45) is 0 Å². The van der Waals surface area contributed by atoms with Crippen molar-refractivity contribution in [1.29, 1.82) is 0 Å². The Morgan fingerprint density at radius 3 is 2.41 bits per heavy atom. The average molecular weight is 419 g/mol. The van der Waals surface area contributed by atoms with E-state index in [9.17, 15) is 19.8 Å². The topological polar surface area (TPSA) is 83.8 Å². The summed E-state index contributed by atoms with van der Waals surface area (Å²) in [6.45, 7) is 8.92. The first-order valence-electron chi connectivity index (χ1n) is 9.45. The summed E-state index contributed by atoms with van der Waals surface area (Å²) in [5.41, 5.74) is 1.84.